The predicted octanol–water partition coefficient (Wildman–Crippen LogP) is 5.30. The summed E-state index contributed by atoms with van der Waals surface area (Å²) in [5, 5.41) is 0.789. The molecule has 2 aliphatic rings. The van der Waals surface area contributed by atoms with Crippen LogP contribution in [-0.2, 0) is 17.6 Å². The Morgan fingerprint density at radius 1 is 1.15 bits per heavy atom. The van der Waals surface area contributed by atoms with Crippen LogP contribution in [0.3, 0.4) is 0 Å². The van der Waals surface area contributed by atoms with E-state index in [1.54, 1.807) is 23.1 Å². The number of amides is 1. The molecule has 3 aromatic rings. The van der Waals surface area contributed by atoms with Crippen molar-refractivity contribution in [3.05, 3.63) is 53.1 Å². The van der Waals surface area contributed by atoms with Crippen molar-refractivity contribution in [3.63, 3.8) is 0 Å². The SMILES string of the molecule is CSc1cccc2sc(N(CCN3CCOCC3)C(=O)c3ccc4c(c3)CCCC4)nc12.Cl. The molecule has 0 spiro atoms. The quantitative estimate of drug-likeness (QED) is 0.427. The Kier molecular flexibility index (Phi) is 8.30. The average molecular weight is 504 g/mol. The summed E-state index contributed by atoms with van der Waals surface area (Å²) in [6.07, 6.45) is 6.72. The maximum absolute atomic E-state index is 13.8. The van der Waals surface area contributed by atoms with E-state index in [1.165, 1.54) is 24.0 Å². The zero-order valence-corrected chi connectivity index (χ0v) is 21.4. The first-order valence-electron chi connectivity index (χ1n) is 11.4. The number of carbonyl (C=O) groups excluding carboxylic acids is 1. The van der Waals surface area contributed by atoms with Gasteiger partial charge in [0.25, 0.3) is 5.91 Å². The zero-order chi connectivity index (χ0) is 21.9. The Labute approximate surface area is 209 Å². The van der Waals surface area contributed by atoms with Gasteiger partial charge in [0.2, 0.25) is 0 Å². The van der Waals surface area contributed by atoms with Crippen LogP contribution in [0.4, 0.5) is 5.13 Å². The Hall–Kier alpha value is -1.64. The topological polar surface area (TPSA) is 45.7 Å². The molecule has 0 atom stereocenters. The van der Waals surface area contributed by atoms with Crippen LogP contribution in [0, 0.1) is 0 Å². The van der Waals surface area contributed by atoms with Gasteiger partial charge in [-0.15, -0.1) is 24.2 Å². The molecule has 1 amide bonds. The maximum Gasteiger partial charge on any atom is 0.260 e. The number of hydrogen-bond donors (Lipinski definition) is 0. The number of ether oxygens (including phenoxy) is 1. The molecule has 0 unspecified atom stereocenters. The Bertz CT molecular complexity index is 1110. The number of hydrogen-bond acceptors (Lipinski definition) is 6. The van der Waals surface area contributed by atoms with E-state index in [4.69, 9.17) is 9.72 Å². The second-order valence-electron chi connectivity index (χ2n) is 8.40. The molecule has 0 saturated carbocycles. The third kappa shape index (κ3) is 5.38. The Morgan fingerprint density at radius 2 is 1.94 bits per heavy atom. The number of anilines is 1. The van der Waals surface area contributed by atoms with Gasteiger partial charge in [-0.05, 0) is 67.3 Å². The lowest BCUT2D eigenvalue weighted by Gasteiger charge is -2.29. The first kappa shape index (κ1) is 24.5. The van der Waals surface area contributed by atoms with E-state index >= 15 is 0 Å². The third-order valence-electron chi connectivity index (χ3n) is 6.41. The monoisotopic (exact) mass is 503 g/mol. The van der Waals surface area contributed by atoms with Gasteiger partial charge in [0.1, 0.15) is 0 Å². The van der Waals surface area contributed by atoms with E-state index in [2.05, 4.69) is 41.5 Å². The van der Waals surface area contributed by atoms with Gasteiger partial charge in [0.05, 0.1) is 23.4 Å². The van der Waals surface area contributed by atoms with Gasteiger partial charge >= 0.3 is 0 Å². The molecule has 1 aliphatic heterocycles. The van der Waals surface area contributed by atoms with Crippen LogP contribution in [0.2, 0.25) is 0 Å². The second-order valence-corrected chi connectivity index (χ2v) is 10.3. The molecular formula is C25H30ClN3O2S2. The van der Waals surface area contributed by atoms with Crippen molar-refractivity contribution in [1.29, 1.82) is 0 Å². The molecule has 1 fully saturated rings. The van der Waals surface area contributed by atoms with Crippen molar-refractivity contribution < 1.29 is 9.53 Å². The molecule has 2 heterocycles. The number of thiazole rings is 1. The third-order valence-corrected chi connectivity index (χ3v) is 8.22. The molecule has 0 N–H and O–H groups in total. The summed E-state index contributed by atoms with van der Waals surface area (Å²) in [7, 11) is 0. The Balaban J connectivity index is 0.00000259. The van der Waals surface area contributed by atoms with Crippen LogP contribution in [0.15, 0.2) is 41.3 Å². The minimum atomic E-state index is 0. The van der Waals surface area contributed by atoms with Crippen molar-refractivity contribution >= 4 is 56.8 Å². The number of nitrogens with zero attached hydrogens (tertiary/aromatic N) is 3. The number of thioether (sulfide) groups is 1. The second kappa shape index (κ2) is 11.2. The highest BCUT2D eigenvalue weighted by atomic mass is 35.5. The number of carbonyl (C=O) groups is 1. The molecule has 1 saturated heterocycles. The van der Waals surface area contributed by atoms with E-state index in [0.29, 0.717) is 6.54 Å². The number of benzene rings is 2. The average Bonchev–Trinajstić information content (AvgIpc) is 3.28. The summed E-state index contributed by atoms with van der Waals surface area (Å²) in [6.45, 7) is 4.80. The molecule has 1 aromatic heterocycles. The summed E-state index contributed by atoms with van der Waals surface area (Å²) >= 11 is 3.31. The molecule has 5 rings (SSSR count). The number of aryl methyl sites for hydroxylation is 2. The molecule has 5 nitrogen and oxygen atoms in total. The molecule has 8 heteroatoms. The number of rotatable bonds is 6. The van der Waals surface area contributed by atoms with Crippen molar-refractivity contribution in [1.82, 2.24) is 9.88 Å². The molecule has 1 aliphatic carbocycles. The smallest absolute Gasteiger partial charge is 0.260 e. The zero-order valence-electron chi connectivity index (χ0n) is 18.9. The predicted molar refractivity (Wildman–Crippen MR) is 141 cm³/mol. The van der Waals surface area contributed by atoms with Crippen molar-refractivity contribution in [3.8, 4) is 0 Å². The van der Waals surface area contributed by atoms with Crippen LogP contribution in [0.25, 0.3) is 10.2 Å². The molecule has 2 aromatic carbocycles. The highest BCUT2D eigenvalue weighted by Gasteiger charge is 2.24. The van der Waals surface area contributed by atoms with Gasteiger partial charge in [-0.1, -0.05) is 23.5 Å². The largest absolute Gasteiger partial charge is 0.379 e. The normalized spacial score (nSPS) is 16.3. The first-order chi connectivity index (χ1) is 15.7. The molecular weight excluding hydrogens is 474 g/mol. The van der Waals surface area contributed by atoms with Crippen LogP contribution in [0.5, 0.6) is 0 Å². The fourth-order valence-corrected chi connectivity index (χ4v) is 6.21. The summed E-state index contributed by atoms with van der Waals surface area (Å²) < 4.78 is 6.62. The number of morpholine rings is 1. The van der Waals surface area contributed by atoms with E-state index < -0.39 is 0 Å². The molecule has 176 valence electrons. The van der Waals surface area contributed by atoms with E-state index in [-0.39, 0.29) is 18.3 Å². The standard InChI is InChI=1S/C25H29N3O2S2.ClH/c1-31-21-7-4-8-22-23(21)26-25(32-22)28(12-11-27-13-15-30-16-14-27)24(29)20-10-9-18-5-2-3-6-19(18)17-20;/h4,7-10,17H,2-3,5-6,11-16H2,1H3;1H. The van der Waals surface area contributed by atoms with Gasteiger partial charge < -0.3 is 4.74 Å². The maximum atomic E-state index is 13.8. The summed E-state index contributed by atoms with van der Waals surface area (Å²) in [5.41, 5.74) is 4.51. The van der Waals surface area contributed by atoms with Gasteiger partial charge in [0.15, 0.2) is 5.13 Å². The van der Waals surface area contributed by atoms with Crippen LogP contribution >= 0.6 is 35.5 Å². The van der Waals surface area contributed by atoms with Crippen molar-refractivity contribution in [2.75, 3.05) is 50.5 Å². The van der Waals surface area contributed by atoms with Crippen LogP contribution < -0.4 is 4.90 Å². The van der Waals surface area contributed by atoms with Gasteiger partial charge in [0, 0.05) is 36.6 Å². The lowest BCUT2D eigenvalue weighted by atomic mass is 9.90. The summed E-state index contributed by atoms with van der Waals surface area (Å²) in [5.74, 6) is 0.0522. The molecule has 0 radical (unpaired) electrons. The van der Waals surface area contributed by atoms with Crippen LogP contribution in [0.1, 0.15) is 34.3 Å². The van der Waals surface area contributed by atoms with Gasteiger partial charge in [-0.25, -0.2) is 4.98 Å². The number of para-hydroxylation sites is 1. The number of fused-ring (bicyclic) bond motifs is 2. The fourth-order valence-electron chi connectivity index (χ4n) is 4.56. The highest BCUT2D eigenvalue weighted by Crippen LogP contribution is 2.35. The lowest BCUT2D eigenvalue weighted by Crippen LogP contribution is -2.43. The number of aromatic nitrogens is 1. The van der Waals surface area contributed by atoms with Crippen molar-refractivity contribution in [2.45, 2.75) is 30.6 Å². The minimum absolute atomic E-state index is 0. The van der Waals surface area contributed by atoms with E-state index in [9.17, 15) is 4.79 Å². The summed E-state index contributed by atoms with van der Waals surface area (Å²) in [6, 6.07) is 12.6. The van der Waals surface area contributed by atoms with Gasteiger partial charge in [-0.2, -0.15) is 0 Å². The lowest BCUT2D eigenvalue weighted by molar-refractivity contribution is 0.0391. The highest BCUT2D eigenvalue weighted by molar-refractivity contribution is 7.98. The molecule has 33 heavy (non-hydrogen) atoms. The van der Waals surface area contributed by atoms with Gasteiger partial charge in [-0.3, -0.25) is 14.6 Å². The minimum Gasteiger partial charge on any atom is -0.379 e. The molecule has 0 bridgehead atoms. The van der Waals surface area contributed by atoms with Crippen molar-refractivity contribution in [2.24, 2.45) is 0 Å². The van der Waals surface area contributed by atoms with E-state index in [0.717, 1.165) is 71.5 Å². The fraction of sp³-hybridized carbons (Fsp3) is 0.440. The number of halogens is 1. The Morgan fingerprint density at radius 3 is 2.73 bits per heavy atom. The summed E-state index contributed by atoms with van der Waals surface area (Å²) in [4.78, 5) is 24.1. The van der Waals surface area contributed by atoms with Crippen LogP contribution in [-0.4, -0.2) is 61.4 Å². The van der Waals surface area contributed by atoms with E-state index in [1.807, 2.05) is 11.0 Å². The first-order valence-corrected chi connectivity index (χ1v) is 13.4.